The van der Waals surface area contributed by atoms with Gasteiger partial charge in [-0.15, -0.1) is 12.4 Å². The van der Waals surface area contributed by atoms with E-state index in [1.165, 1.54) is 12.8 Å². The summed E-state index contributed by atoms with van der Waals surface area (Å²) in [5.41, 5.74) is 6.61. The van der Waals surface area contributed by atoms with E-state index >= 15 is 0 Å². The standard InChI is InChI=1S/C14H20N2O2.ClH/c1-10(15)14(18)16(8-11-5-6-11)9-12-3-2-4-13(17)7-12;/h2-4,7,10-11,17H,5-6,8-9,15H2,1H3;1H/t10-;/m1./s1. The molecule has 1 aromatic rings. The summed E-state index contributed by atoms with van der Waals surface area (Å²) in [6, 6.07) is 6.54. The lowest BCUT2D eigenvalue weighted by Crippen LogP contribution is -2.42. The van der Waals surface area contributed by atoms with Gasteiger partial charge in [0.1, 0.15) is 5.75 Å². The van der Waals surface area contributed by atoms with Gasteiger partial charge in [0.2, 0.25) is 5.91 Å². The normalized spacial score (nSPS) is 15.5. The van der Waals surface area contributed by atoms with Crippen molar-refractivity contribution in [1.29, 1.82) is 0 Å². The SMILES string of the molecule is C[C@@H](N)C(=O)N(Cc1cccc(O)c1)CC1CC1.Cl. The predicted molar refractivity (Wildman–Crippen MR) is 77.1 cm³/mol. The molecule has 19 heavy (non-hydrogen) atoms. The van der Waals surface area contributed by atoms with Crippen molar-refractivity contribution in [2.24, 2.45) is 11.7 Å². The third-order valence-electron chi connectivity index (χ3n) is 3.16. The van der Waals surface area contributed by atoms with Crippen LogP contribution in [-0.4, -0.2) is 28.5 Å². The third kappa shape index (κ3) is 4.73. The smallest absolute Gasteiger partial charge is 0.239 e. The summed E-state index contributed by atoms with van der Waals surface area (Å²) < 4.78 is 0. The largest absolute Gasteiger partial charge is 0.508 e. The van der Waals surface area contributed by atoms with Crippen LogP contribution in [0.5, 0.6) is 5.75 Å². The van der Waals surface area contributed by atoms with Crippen molar-refractivity contribution in [3.05, 3.63) is 29.8 Å². The first kappa shape index (κ1) is 15.8. The minimum atomic E-state index is -0.471. The summed E-state index contributed by atoms with van der Waals surface area (Å²) in [6.45, 7) is 3.01. The molecule has 1 amide bonds. The molecule has 5 heteroatoms. The van der Waals surface area contributed by atoms with Crippen LogP contribution in [0.25, 0.3) is 0 Å². The van der Waals surface area contributed by atoms with Crippen molar-refractivity contribution in [3.8, 4) is 5.75 Å². The Morgan fingerprint density at radius 3 is 2.74 bits per heavy atom. The van der Waals surface area contributed by atoms with Gasteiger partial charge >= 0.3 is 0 Å². The summed E-state index contributed by atoms with van der Waals surface area (Å²) in [6.07, 6.45) is 2.39. The van der Waals surface area contributed by atoms with E-state index in [-0.39, 0.29) is 24.1 Å². The molecule has 0 spiro atoms. The maximum atomic E-state index is 12.0. The van der Waals surface area contributed by atoms with Crippen molar-refractivity contribution in [1.82, 2.24) is 4.90 Å². The molecule has 0 heterocycles. The van der Waals surface area contributed by atoms with E-state index in [2.05, 4.69) is 0 Å². The van der Waals surface area contributed by atoms with Crippen LogP contribution in [-0.2, 0) is 11.3 Å². The molecule has 106 valence electrons. The molecule has 0 bridgehead atoms. The summed E-state index contributed by atoms with van der Waals surface area (Å²) in [5, 5.41) is 9.44. The summed E-state index contributed by atoms with van der Waals surface area (Å²) in [7, 11) is 0. The van der Waals surface area contributed by atoms with Gasteiger partial charge < -0.3 is 15.7 Å². The molecule has 1 aliphatic carbocycles. The molecule has 1 aromatic carbocycles. The molecule has 0 unspecified atom stereocenters. The molecule has 0 aromatic heterocycles. The first-order valence-electron chi connectivity index (χ1n) is 6.38. The van der Waals surface area contributed by atoms with Gasteiger partial charge in [-0.1, -0.05) is 12.1 Å². The Hall–Kier alpha value is -1.26. The van der Waals surface area contributed by atoms with Gasteiger partial charge in [-0.05, 0) is 43.4 Å². The van der Waals surface area contributed by atoms with E-state index in [0.717, 1.165) is 12.1 Å². The van der Waals surface area contributed by atoms with Crippen LogP contribution in [0.2, 0.25) is 0 Å². The van der Waals surface area contributed by atoms with Gasteiger partial charge in [0.25, 0.3) is 0 Å². The van der Waals surface area contributed by atoms with Crippen LogP contribution in [0.15, 0.2) is 24.3 Å². The Kier molecular flexibility index (Phi) is 5.63. The van der Waals surface area contributed by atoms with Gasteiger partial charge in [0, 0.05) is 13.1 Å². The van der Waals surface area contributed by atoms with E-state index in [0.29, 0.717) is 12.5 Å². The molecule has 2 rings (SSSR count). The minimum absolute atomic E-state index is 0. The van der Waals surface area contributed by atoms with E-state index in [1.807, 2.05) is 6.07 Å². The first-order chi connectivity index (χ1) is 8.56. The zero-order valence-corrected chi connectivity index (χ0v) is 11.9. The number of amides is 1. The van der Waals surface area contributed by atoms with Crippen LogP contribution < -0.4 is 5.73 Å². The Morgan fingerprint density at radius 2 is 2.21 bits per heavy atom. The molecule has 0 radical (unpaired) electrons. The number of benzene rings is 1. The van der Waals surface area contributed by atoms with Crippen LogP contribution in [0, 0.1) is 5.92 Å². The van der Waals surface area contributed by atoms with Crippen LogP contribution in [0.1, 0.15) is 25.3 Å². The number of carbonyl (C=O) groups excluding carboxylic acids is 1. The fraction of sp³-hybridized carbons (Fsp3) is 0.500. The van der Waals surface area contributed by atoms with E-state index in [9.17, 15) is 9.90 Å². The maximum absolute atomic E-state index is 12.0. The number of hydrogen-bond donors (Lipinski definition) is 2. The van der Waals surface area contributed by atoms with E-state index < -0.39 is 6.04 Å². The lowest BCUT2D eigenvalue weighted by molar-refractivity contribution is -0.133. The fourth-order valence-corrected chi connectivity index (χ4v) is 2.01. The Bertz CT molecular complexity index is 433. The van der Waals surface area contributed by atoms with E-state index in [1.54, 1.807) is 30.0 Å². The molecule has 1 aliphatic rings. The second-order valence-electron chi connectivity index (χ2n) is 5.12. The number of nitrogens with two attached hydrogens (primary N) is 1. The summed E-state index contributed by atoms with van der Waals surface area (Å²) >= 11 is 0. The predicted octanol–water partition coefficient (Wildman–Crippen LogP) is 1.90. The van der Waals surface area contributed by atoms with E-state index in [4.69, 9.17) is 5.73 Å². The molecule has 0 aliphatic heterocycles. The number of aromatic hydroxyl groups is 1. The lowest BCUT2D eigenvalue weighted by atomic mass is 10.1. The van der Waals surface area contributed by atoms with Crippen molar-refractivity contribution < 1.29 is 9.90 Å². The third-order valence-corrected chi connectivity index (χ3v) is 3.16. The molecule has 1 fully saturated rings. The average molecular weight is 285 g/mol. The highest BCUT2D eigenvalue weighted by atomic mass is 35.5. The zero-order chi connectivity index (χ0) is 13.1. The second-order valence-corrected chi connectivity index (χ2v) is 5.12. The van der Waals surface area contributed by atoms with Crippen LogP contribution in [0.4, 0.5) is 0 Å². The highest BCUT2D eigenvalue weighted by Gasteiger charge is 2.27. The van der Waals surface area contributed by atoms with Crippen molar-refractivity contribution >= 4 is 18.3 Å². The zero-order valence-electron chi connectivity index (χ0n) is 11.1. The Morgan fingerprint density at radius 1 is 1.53 bits per heavy atom. The molecule has 3 N–H and O–H groups in total. The van der Waals surface area contributed by atoms with Crippen LogP contribution in [0.3, 0.4) is 0 Å². The molecule has 1 saturated carbocycles. The second kappa shape index (κ2) is 6.78. The molecule has 0 saturated heterocycles. The van der Waals surface area contributed by atoms with Gasteiger partial charge in [0.05, 0.1) is 6.04 Å². The minimum Gasteiger partial charge on any atom is -0.508 e. The number of phenolic OH excluding ortho intramolecular Hbond substituents is 1. The van der Waals surface area contributed by atoms with Crippen LogP contribution >= 0.6 is 12.4 Å². The van der Waals surface area contributed by atoms with Gasteiger partial charge in [0.15, 0.2) is 0 Å². The van der Waals surface area contributed by atoms with Gasteiger partial charge in [-0.25, -0.2) is 0 Å². The fourth-order valence-electron chi connectivity index (χ4n) is 2.01. The monoisotopic (exact) mass is 284 g/mol. The quantitative estimate of drug-likeness (QED) is 0.868. The first-order valence-corrected chi connectivity index (χ1v) is 6.38. The summed E-state index contributed by atoms with van der Waals surface area (Å²) in [5.74, 6) is 0.836. The number of hydrogen-bond acceptors (Lipinski definition) is 3. The van der Waals surface area contributed by atoms with Gasteiger partial charge in [-0.2, -0.15) is 0 Å². The maximum Gasteiger partial charge on any atom is 0.239 e. The number of halogens is 1. The number of nitrogens with zero attached hydrogens (tertiary/aromatic N) is 1. The molecular weight excluding hydrogens is 264 g/mol. The molecule has 4 nitrogen and oxygen atoms in total. The highest BCUT2D eigenvalue weighted by Crippen LogP contribution is 2.30. The Labute approximate surface area is 120 Å². The Balaban J connectivity index is 0.00000180. The number of phenols is 1. The van der Waals surface area contributed by atoms with Crippen molar-refractivity contribution in [2.45, 2.75) is 32.4 Å². The number of rotatable bonds is 5. The van der Waals surface area contributed by atoms with Crippen molar-refractivity contribution in [3.63, 3.8) is 0 Å². The van der Waals surface area contributed by atoms with Gasteiger partial charge in [-0.3, -0.25) is 4.79 Å². The number of carbonyl (C=O) groups is 1. The summed E-state index contributed by atoms with van der Waals surface area (Å²) in [4.78, 5) is 13.8. The average Bonchev–Trinajstić information content (AvgIpc) is 3.11. The lowest BCUT2D eigenvalue weighted by Gasteiger charge is -2.24. The molecular formula is C14H21ClN2O2. The highest BCUT2D eigenvalue weighted by molar-refractivity contribution is 5.85. The topological polar surface area (TPSA) is 66.6 Å². The molecule has 1 atom stereocenters. The van der Waals surface area contributed by atoms with Crippen molar-refractivity contribution in [2.75, 3.05) is 6.54 Å².